The number of likely N-dealkylation sites (tertiary alicyclic amines) is 1. The Morgan fingerprint density at radius 2 is 1.90 bits per heavy atom. The minimum absolute atomic E-state index is 0.186. The minimum atomic E-state index is -2.88. The molecule has 0 aromatic heterocycles. The summed E-state index contributed by atoms with van der Waals surface area (Å²) in [5.74, 6) is -5.93. The van der Waals surface area contributed by atoms with E-state index in [1.165, 1.54) is 6.92 Å². The third-order valence-corrected chi connectivity index (χ3v) is 3.69. The molecule has 1 aliphatic heterocycles. The fourth-order valence-corrected chi connectivity index (χ4v) is 2.46. The predicted molar refractivity (Wildman–Crippen MR) is 68.8 cm³/mol. The smallest absolute Gasteiger partial charge is 0.312 e. The molecule has 2 amide bonds. The quantitative estimate of drug-likeness (QED) is 0.797. The van der Waals surface area contributed by atoms with Gasteiger partial charge in [0.05, 0.1) is 6.04 Å². The van der Waals surface area contributed by atoms with E-state index in [0.29, 0.717) is 5.56 Å². The Labute approximate surface area is 115 Å². The van der Waals surface area contributed by atoms with E-state index in [1.807, 2.05) is 0 Å². The lowest BCUT2D eigenvalue weighted by molar-refractivity contribution is -0.159. The lowest BCUT2D eigenvalue weighted by Gasteiger charge is -2.42. The Hall–Kier alpha value is -1.98. The molecular weight excluding hydrogens is 266 g/mol. The van der Waals surface area contributed by atoms with Crippen LogP contribution < -0.4 is 5.73 Å². The van der Waals surface area contributed by atoms with Gasteiger partial charge in [-0.25, -0.2) is 8.78 Å². The Bertz CT molecular complexity index is 519. The monoisotopic (exact) mass is 282 g/mol. The lowest BCUT2D eigenvalue weighted by Crippen LogP contribution is -2.52. The number of alkyl halides is 2. The zero-order chi connectivity index (χ0) is 14.9. The van der Waals surface area contributed by atoms with E-state index in [9.17, 15) is 18.4 Å². The van der Waals surface area contributed by atoms with Gasteiger partial charge in [0.25, 0.3) is 5.92 Å². The van der Waals surface area contributed by atoms with Crippen molar-refractivity contribution < 1.29 is 18.4 Å². The number of benzene rings is 1. The van der Waals surface area contributed by atoms with Crippen LogP contribution in [0.5, 0.6) is 0 Å². The number of hydrogen-bond acceptors (Lipinski definition) is 2. The fraction of sp³-hybridized carbons (Fsp3) is 0.429. The first kappa shape index (κ1) is 14.4. The van der Waals surface area contributed by atoms with Crippen molar-refractivity contribution in [1.82, 2.24) is 4.90 Å². The largest absolute Gasteiger partial charge is 0.361 e. The molecule has 1 aromatic rings. The van der Waals surface area contributed by atoms with Crippen LogP contribution in [0.2, 0.25) is 0 Å². The number of piperidine rings is 1. The molecule has 2 rings (SSSR count). The summed E-state index contributed by atoms with van der Waals surface area (Å²) in [5, 5.41) is 0. The highest BCUT2D eigenvalue weighted by molar-refractivity contribution is 6.34. The molecule has 0 aliphatic carbocycles. The Morgan fingerprint density at radius 3 is 2.45 bits per heavy atom. The molecule has 1 fully saturated rings. The van der Waals surface area contributed by atoms with Crippen LogP contribution in [0, 0.1) is 5.92 Å². The van der Waals surface area contributed by atoms with E-state index >= 15 is 0 Å². The molecule has 6 heteroatoms. The topological polar surface area (TPSA) is 63.4 Å². The summed E-state index contributed by atoms with van der Waals surface area (Å²) in [6, 6.07) is 7.67. The zero-order valence-electron chi connectivity index (χ0n) is 11.1. The third kappa shape index (κ3) is 2.64. The van der Waals surface area contributed by atoms with E-state index in [0.717, 1.165) is 4.90 Å². The molecule has 20 heavy (non-hydrogen) atoms. The van der Waals surface area contributed by atoms with Crippen molar-refractivity contribution in [3.05, 3.63) is 35.9 Å². The van der Waals surface area contributed by atoms with E-state index in [-0.39, 0.29) is 6.54 Å². The second-order valence-electron chi connectivity index (χ2n) is 5.11. The van der Waals surface area contributed by atoms with Gasteiger partial charge in [-0.3, -0.25) is 9.59 Å². The van der Waals surface area contributed by atoms with Crippen LogP contribution in [0.25, 0.3) is 0 Å². The van der Waals surface area contributed by atoms with Gasteiger partial charge in [-0.05, 0) is 5.56 Å². The van der Waals surface area contributed by atoms with Gasteiger partial charge in [-0.15, -0.1) is 0 Å². The Morgan fingerprint density at radius 1 is 1.30 bits per heavy atom. The first-order valence-electron chi connectivity index (χ1n) is 6.36. The number of amides is 2. The van der Waals surface area contributed by atoms with Crippen LogP contribution >= 0.6 is 0 Å². The number of hydrogen-bond donors (Lipinski definition) is 1. The summed E-state index contributed by atoms with van der Waals surface area (Å²) in [4.78, 5) is 24.1. The summed E-state index contributed by atoms with van der Waals surface area (Å²) < 4.78 is 27.8. The van der Waals surface area contributed by atoms with Crippen molar-refractivity contribution in [2.24, 2.45) is 11.7 Å². The number of rotatable bonds is 1. The molecular formula is C14H16F2N2O2. The standard InChI is InChI=1S/C14H16F2N2O2/c1-9-8-18(13(20)12(17)19)11(7-14(9,15)16)10-5-3-2-4-6-10/h2-6,9,11H,7-8H2,1H3,(H2,17,19). The molecule has 2 unspecified atom stereocenters. The predicted octanol–water partition coefficient (Wildman–Crippen LogP) is 1.72. The van der Waals surface area contributed by atoms with Crippen LogP contribution in [-0.2, 0) is 9.59 Å². The van der Waals surface area contributed by atoms with E-state index in [4.69, 9.17) is 5.73 Å². The highest BCUT2D eigenvalue weighted by atomic mass is 19.3. The van der Waals surface area contributed by atoms with Crippen molar-refractivity contribution in [3.63, 3.8) is 0 Å². The molecule has 4 nitrogen and oxygen atoms in total. The fourth-order valence-electron chi connectivity index (χ4n) is 2.46. The highest BCUT2D eigenvalue weighted by Gasteiger charge is 2.48. The van der Waals surface area contributed by atoms with E-state index < -0.39 is 36.1 Å². The number of nitrogens with two attached hydrogens (primary N) is 1. The van der Waals surface area contributed by atoms with E-state index in [1.54, 1.807) is 30.3 Å². The van der Waals surface area contributed by atoms with Crippen molar-refractivity contribution in [1.29, 1.82) is 0 Å². The molecule has 0 radical (unpaired) electrons. The maximum absolute atomic E-state index is 13.9. The van der Waals surface area contributed by atoms with Crippen molar-refractivity contribution in [3.8, 4) is 0 Å². The molecule has 0 saturated carbocycles. The minimum Gasteiger partial charge on any atom is -0.361 e. The highest BCUT2D eigenvalue weighted by Crippen LogP contribution is 2.42. The molecule has 2 N–H and O–H groups in total. The first-order chi connectivity index (χ1) is 9.33. The SMILES string of the molecule is CC1CN(C(=O)C(N)=O)C(c2ccccc2)CC1(F)F. The molecule has 1 heterocycles. The van der Waals surface area contributed by atoms with Crippen molar-refractivity contribution in [2.45, 2.75) is 25.3 Å². The summed E-state index contributed by atoms with van der Waals surface area (Å²) in [6.45, 7) is 1.18. The summed E-state index contributed by atoms with van der Waals surface area (Å²) in [6.07, 6.45) is -0.503. The van der Waals surface area contributed by atoms with Gasteiger partial charge in [0.1, 0.15) is 0 Å². The van der Waals surface area contributed by atoms with Gasteiger partial charge >= 0.3 is 11.8 Å². The Kier molecular flexibility index (Phi) is 3.74. The van der Waals surface area contributed by atoms with Crippen molar-refractivity contribution >= 4 is 11.8 Å². The molecule has 0 bridgehead atoms. The number of nitrogens with zero attached hydrogens (tertiary/aromatic N) is 1. The maximum atomic E-state index is 13.9. The molecule has 0 spiro atoms. The summed E-state index contributed by atoms with van der Waals surface area (Å²) in [5.41, 5.74) is 5.58. The van der Waals surface area contributed by atoms with Crippen LogP contribution in [0.1, 0.15) is 24.9 Å². The third-order valence-electron chi connectivity index (χ3n) is 3.69. The van der Waals surface area contributed by atoms with Crippen LogP contribution in [0.4, 0.5) is 8.78 Å². The van der Waals surface area contributed by atoms with Gasteiger partial charge in [0.15, 0.2) is 0 Å². The molecule has 1 aromatic carbocycles. The van der Waals surface area contributed by atoms with Gasteiger partial charge < -0.3 is 10.6 Å². The number of carbonyl (C=O) groups is 2. The average Bonchev–Trinajstić information content (AvgIpc) is 2.41. The normalized spacial score (nSPS) is 25.2. The summed E-state index contributed by atoms with van der Waals surface area (Å²) in [7, 11) is 0. The number of halogens is 2. The van der Waals surface area contributed by atoms with Gasteiger partial charge in [-0.1, -0.05) is 37.3 Å². The van der Waals surface area contributed by atoms with E-state index in [2.05, 4.69) is 0 Å². The maximum Gasteiger partial charge on any atom is 0.312 e. The number of primary amides is 1. The molecule has 108 valence electrons. The van der Waals surface area contributed by atoms with Gasteiger partial charge in [-0.2, -0.15) is 0 Å². The van der Waals surface area contributed by atoms with Gasteiger partial charge in [0, 0.05) is 18.9 Å². The molecule has 2 atom stereocenters. The molecule has 1 aliphatic rings. The molecule has 1 saturated heterocycles. The first-order valence-corrected chi connectivity index (χ1v) is 6.36. The lowest BCUT2D eigenvalue weighted by atomic mass is 9.86. The van der Waals surface area contributed by atoms with Crippen molar-refractivity contribution in [2.75, 3.05) is 6.54 Å². The second-order valence-corrected chi connectivity index (χ2v) is 5.11. The van der Waals surface area contributed by atoms with Crippen LogP contribution in [-0.4, -0.2) is 29.2 Å². The summed E-state index contributed by atoms with van der Waals surface area (Å²) >= 11 is 0. The van der Waals surface area contributed by atoms with Crippen LogP contribution in [0.3, 0.4) is 0 Å². The average molecular weight is 282 g/mol. The van der Waals surface area contributed by atoms with Gasteiger partial charge in [0.2, 0.25) is 0 Å². The Balaban J connectivity index is 2.37. The zero-order valence-corrected chi connectivity index (χ0v) is 11.1. The van der Waals surface area contributed by atoms with Crippen LogP contribution in [0.15, 0.2) is 30.3 Å². The second kappa shape index (κ2) is 5.19. The number of carbonyl (C=O) groups excluding carboxylic acids is 2.